The lowest BCUT2D eigenvalue weighted by Crippen LogP contribution is -1.92. The first-order chi connectivity index (χ1) is 10.8. The van der Waals surface area contributed by atoms with Crippen molar-refractivity contribution in [2.45, 2.75) is 58.3 Å². The summed E-state index contributed by atoms with van der Waals surface area (Å²) in [4.78, 5) is 10.3. The maximum absolute atomic E-state index is 10.3. The van der Waals surface area contributed by atoms with Crippen LogP contribution < -0.4 is 0 Å². The van der Waals surface area contributed by atoms with Gasteiger partial charge in [0.05, 0.1) is 0 Å². The fraction of sp³-hybridized carbons (Fsp3) is 0.450. The zero-order chi connectivity index (χ0) is 16.3. The van der Waals surface area contributed by atoms with Crippen LogP contribution in [0.5, 0.6) is 0 Å². The molecule has 2 nitrogen and oxygen atoms in total. The number of allylic oxidation sites excluding steroid dienone is 10. The Balaban J connectivity index is 3.46. The van der Waals surface area contributed by atoms with Gasteiger partial charge in [0, 0.05) is 6.42 Å². The number of carbonyl (C=O) groups is 1. The number of unbranched alkanes of at least 4 members (excludes halogenated alkanes) is 1. The summed E-state index contributed by atoms with van der Waals surface area (Å²) in [6.07, 6.45) is 28.4. The first-order valence-corrected chi connectivity index (χ1v) is 8.24. The summed E-state index contributed by atoms with van der Waals surface area (Å²) in [6, 6.07) is 0. The Labute approximate surface area is 135 Å². The van der Waals surface area contributed by atoms with Crippen molar-refractivity contribution in [2.24, 2.45) is 0 Å². The summed E-state index contributed by atoms with van der Waals surface area (Å²) in [5.41, 5.74) is 0. The van der Waals surface area contributed by atoms with E-state index in [-0.39, 0.29) is 6.42 Å². The van der Waals surface area contributed by atoms with Crippen LogP contribution in [-0.4, -0.2) is 11.1 Å². The second-order valence-electron chi connectivity index (χ2n) is 4.99. The molecule has 0 rings (SSSR count). The fourth-order valence-corrected chi connectivity index (χ4v) is 1.74. The van der Waals surface area contributed by atoms with Crippen LogP contribution in [0.1, 0.15) is 58.3 Å². The molecular weight excluding hydrogens is 272 g/mol. The van der Waals surface area contributed by atoms with Gasteiger partial charge in [-0.1, -0.05) is 67.7 Å². The molecule has 0 saturated carbocycles. The summed E-state index contributed by atoms with van der Waals surface area (Å²) in [5.74, 6) is -0.715. The number of rotatable bonds is 13. The molecule has 0 aromatic rings. The highest BCUT2D eigenvalue weighted by Gasteiger charge is 1.92. The van der Waals surface area contributed by atoms with Crippen LogP contribution in [0, 0.1) is 0 Å². The molecule has 0 aliphatic heterocycles. The van der Waals surface area contributed by atoms with Gasteiger partial charge in [0.15, 0.2) is 0 Å². The minimum Gasteiger partial charge on any atom is -0.481 e. The van der Waals surface area contributed by atoms with Gasteiger partial charge in [-0.2, -0.15) is 0 Å². The second kappa shape index (κ2) is 17.2. The Bertz CT molecular complexity index is 398. The molecule has 22 heavy (non-hydrogen) atoms. The lowest BCUT2D eigenvalue weighted by Gasteiger charge is -1.89. The Hall–Kier alpha value is -1.83. The molecule has 0 amide bonds. The molecule has 0 spiro atoms. The van der Waals surface area contributed by atoms with Crippen molar-refractivity contribution < 1.29 is 9.90 Å². The van der Waals surface area contributed by atoms with Gasteiger partial charge in [0.1, 0.15) is 0 Å². The van der Waals surface area contributed by atoms with Crippen LogP contribution in [0.4, 0.5) is 0 Å². The molecule has 0 radical (unpaired) electrons. The topological polar surface area (TPSA) is 37.3 Å². The molecule has 0 bridgehead atoms. The molecular formula is C20H30O2. The van der Waals surface area contributed by atoms with Crippen LogP contribution >= 0.6 is 0 Å². The Morgan fingerprint density at radius 2 is 1.14 bits per heavy atom. The normalized spacial score (nSPS) is 12.8. The number of hydrogen-bond acceptors (Lipinski definition) is 1. The van der Waals surface area contributed by atoms with E-state index >= 15 is 0 Å². The highest BCUT2D eigenvalue weighted by molar-refractivity contribution is 5.66. The quantitative estimate of drug-likeness (QED) is 0.335. The highest BCUT2D eigenvalue weighted by atomic mass is 16.4. The molecule has 0 saturated heterocycles. The van der Waals surface area contributed by atoms with E-state index in [4.69, 9.17) is 5.11 Å². The van der Waals surface area contributed by atoms with Crippen molar-refractivity contribution in [2.75, 3.05) is 0 Å². The van der Waals surface area contributed by atoms with Gasteiger partial charge < -0.3 is 5.11 Å². The van der Waals surface area contributed by atoms with Gasteiger partial charge in [0.2, 0.25) is 0 Å². The van der Waals surface area contributed by atoms with Crippen LogP contribution in [0.2, 0.25) is 0 Å². The second-order valence-corrected chi connectivity index (χ2v) is 4.99. The van der Waals surface area contributed by atoms with Crippen molar-refractivity contribution in [3.8, 4) is 0 Å². The van der Waals surface area contributed by atoms with Crippen molar-refractivity contribution in [1.29, 1.82) is 0 Å². The van der Waals surface area contributed by atoms with Crippen LogP contribution in [0.25, 0.3) is 0 Å². The van der Waals surface area contributed by atoms with E-state index in [0.717, 1.165) is 44.9 Å². The van der Waals surface area contributed by atoms with Crippen molar-refractivity contribution >= 4 is 5.97 Å². The molecule has 1 N–H and O–H groups in total. The Morgan fingerprint density at radius 3 is 1.55 bits per heavy atom. The monoisotopic (exact) mass is 302 g/mol. The van der Waals surface area contributed by atoms with E-state index in [9.17, 15) is 4.79 Å². The molecule has 2 heteroatoms. The summed E-state index contributed by atoms with van der Waals surface area (Å²) in [6.45, 7) is 2.14. The predicted molar refractivity (Wildman–Crippen MR) is 95.9 cm³/mol. The van der Waals surface area contributed by atoms with Gasteiger partial charge in [-0.25, -0.2) is 0 Å². The zero-order valence-corrected chi connectivity index (χ0v) is 13.8. The predicted octanol–water partition coefficient (Wildman–Crippen LogP) is 5.99. The number of carboxylic acid groups (broad SMARTS) is 1. The van der Waals surface area contributed by atoms with Crippen LogP contribution in [0.15, 0.2) is 60.8 Å². The van der Waals surface area contributed by atoms with Gasteiger partial charge in [-0.15, -0.1) is 0 Å². The van der Waals surface area contributed by atoms with Gasteiger partial charge in [0.25, 0.3) is 0 Å². The molecule has 0 aliphatic rings. The molecule has 0 heterocycles. The summed E-state index contributed by atoms with van der Waals surface area (Å²) in [7, 11) is 0. The highest BCUT2D eigenvalue weighted by Crippen LogP contribution is 1.99. The third-order valence-corrected chi connectivity index (χ3v) is 2.92. The van der Waals surface area contributed by atoms with E-state index in [1.54, 1.807) is 0 Å². The average Bonchev–Trinajstić information content (AvgIpc) is 2.50. The standard InChI is InChI=1S/C20H30O2/c1-2-3-4-5-6-7-8-9-10-11-12-13-14-15-16-17-18-19-20(21)22/h3-4,6-7,9-10,12-13,15-16H,2,5,8,11,14,17-19H2,1H3,(H,21,22)/b4-3?,7-6?,10-9?,13-12?,16-15+. The van der Waals surface area contributed by atoms with Gasteiger partial charge >= 0.3 is 5.97 Å². The van der Waals surface area contributed by atoms with E-state index in [0.29, 0.717) is 0 Å². The Kier molecular flexibility index (Phi) is 15.8. The molecule has 0 aromatic carbocycles. The lowest BCUT2D eigenvalue weighted by atomic mass is 10.2. The van der Waals surface area contributed by atoms with Crippen molar-refractivity contribution in [3.63, 3.8) is 0 Å². The van der Waals surface area contributed by atoms with Crippen molar-refractivity contribution in [1.82, 2.24) is 0 Å². The first-order valence-electron chi connectivity index (χ1n) is 8.24. The minimum absolute atomic E-state index is 0.258. The average molecular weight is 302 g/mol. The number of aliphatic carboxylic acids is 1. The van der Waals surface area contributed by atoms with E-state index in [2.05, 4.69) is 67.7 Å². The summed E-state index contributed by atoms with van der Waals surface area (Å²) < 4.78 is 0. The van der Waals surface area contributed by atoms with Gasteiger partial charge in [-0.05, 0) is 44.9 Å². The third-order valence-electron chi connectivity index (χ3n) is 2.92. The zero-order valence-electron chi connectivity index (χ0n) is 13.8. The smallest absolute Gasteiger partial charge is 0.303 e. The molecule has 0 aliphatic carbocycles. The van der Waals surface area contributed by atoms with E-state index < -0.39 is 5.97 Å². The summed E-state index contributed by atoms with van der Waals surface area (Å²) in [5, 5.41) is 8.49. The summed E-state index contributed by atoms with van der Waals surface area (Å²) >= 11 is 0. The molecule has 0 fully saturated rings. The van der Waals surface area contributed by atoms with Crippen LogP contribution in [-0.2, 0) is 4.79 Å². The maximum Gasteiger partial charge on any atom is 0.303 e. The lowest BCUT2D eigenvalue weighted by molar-refractivity contribution is -0.137. The molecule has 122 valence electrons. The van der Waals surface area contributed by atoms with Crippen molar-refractivity contribution in [3.05, 3.63) is 60.8 Å². The van der Waals surface area contributed by atoms with E-state index in [1.807, 2.05) is 0 Å². The maximum atomic E-state index is 10.3. The number of carboxylic acids is 1. The minimum atomic E-state index is -0.715. The van der Waals surface area contributed by atoms with Gasteiger partial charge in [-0.3, -0.25) is 4.79 Å². The first kappa shape index (κ1) is 20.2. The SMILES string of the molecule is CCC=CCC=CCC=CCC=CC/C=C/CCCC(=O)O. The largest absolute Gasteiger partial charge is 0.481 e. The van der Waals surface area contributed by atoms with E-state index in [1.165, 1.54) is 0 Å². The van der Waals surface area contributed by atoms with Crippen LogP contribution in [0.3, 0.4) is 0 Å². The Morgan fingerprint density at radius 1 is 0.727 bits per heavy atom. The third kappa shape index (κ3) is 18.2. The molecule has 0 aromatic heterocycles. The fourth-order valence-electron chi connectivity index (χ4n) is 1.74. The molecule has 0 unspecified atom stereocenters. The number of hydrogen-bond donors (Lipinski definition) is 1. The molecule has 0 atom stereocenters.